The number of aliphatic carboxylic acids is 1. The van der Waals surface area contributed by atoms with Crippen molar-refractivity contribution >= 4 is 17.8 Å². The molecule has 3 aliphatic rings. The molecule has 2 bridgehead atoms. The third-order valence-electron chi connectivity index (χ3n) is 8.37. The predicted molar refractivity (Wildman–Crippen MR) is 132 cm³/mol. The predicted octanol–water partition coefficient (Wildman–Crippen LogP) is 3.08. The molecule has 0 aliphatic carbocycles. The number of ether oxygens (including phenoxy) is 1. The summed E-state index contributed by atoms with van der Waals surface area (Å²) in [6.45, 7) is 18.2. The van der Waals surface area contributed by atoms with Crippen molar-refractivity contribution in [1.82, 2.24) is 9.80 Å². The first kappa shape index (κ1) is 27.7. The molecule has 2 amide bonds. The Balaban J connectivity index is 2.15. The Kier molecular flexibility index (Phi) is 7.51. The number of nitrogens with zero attached hydrogens (tertiary/aromatic N) is 2. The number of amides is 2. The molecule has 198 valence electrons. The smallest absolute Gasteiger partial charge is 0.310 e. The van der Waals surface area contributed by atoms with Crippen molar-refractivity contribution in [3.63, 3.8) is 0 Å². The van der Waals surface area contributed by atoms with Crippen LogP contribution in [0.5, 0.6) is 0 Å². The summed E-state index contributed by atoms with van der Waals surface area (Å²) in [5.74, 6) is -3.70. The van der Waals surface area contributed by atoms with Crippen LogP contribution in [0.1, 0.15) is 74.1 Å². The molecule has 3 saturated heterocycles. The molecule has 2 unspecified atom stereocenters. The zero-order valence-electron chi connectivity index (χ0n) is 22.4. The third-order valence-corrected chi connectivity index (χ3v) is 8.37. The Morgan fingerprint density at radius 1 is 1.31 bits per heavy atom. The van der Waals surface area contributed by atoms with E-state index in [1.54, 1.807) is 11.0 Å². The van der Waals surface area contributed by atoms with Crippen LogP contribution in [0.15, 0.2) is 12.7 Å². The van der Waals surface area contributed by atoms with E-state index in [0.29, 0.717) is 32.2 Å². The Morgan fingerprint density at radius 2 is 1.94 bits per heavy atom. The first-order valence-electron chi connectivity index (χ1n) is 12.9. The molecule has 0 radical (unpaired) electrons. The largest absolute Gasteiger partial charge is 0.481 e. The normalized spacial score (nSPS) is 31.9. The Bertz CT molecular complexity index is 864. The molecule has 3 aliphatic heterocycles. The summed E-state index contributed by atoms with van der Waals surface area (Å²) in [6, 6.07) is -1.59. The van der Waals surface area contributed by atoms with Crippen molar-refractivity contribution in [2.75, 3.05) is 13.2 Å². The summed E-state index contributed by atoms with van der Waals surface area (Å²) >= 11 is 0. The highest BCUT2D eigenvalue weighted by Gasteiger charge is 2.75. The van der Waals surface area contributed by atoms with Crippen LogP contribution in [0, 0.1) is 23.2 Å². The van der Waals surface area contributed by atoms with Crippen molar-refractivity contribution in [2.45, 2.75) is 103 Å². The summed E-state index contributed by atoms with van der Waals surface area (Å²) < 4.78 is 6.34. The molecule has 8 nitrogen and oxygen atoms in total. The van der Waals surface area contributed by atoms with E-state index in [-0.39, 0.29) is 29.8 Å². The van der Waals surface area contributed by atoms with Gasteiger partial charge in [0.05, 0.1) is 30.6 Å². The zero-order valence-corrected chi connectivity index (χ0v) is 22.4. The second-order valence-electron chi connectivity index (χ2n) is 12.6. The number of rotatable bonds is 10. The van der Waals surface area contributed by atoms with Gasteiger partial charge in [0.15, 0.2) is 0 Å². The van der Waals surface area contributed by atoms with Crippen LogP contribution in [0.3, 0.4) is 0 Å². The molecule has 7 atom stereocenters. The summed E-state index contributed by atoms with van der Waals surface area (Å²) in [5, 5.41) is 20.4. The minimum Gasteiger partial charge on any atom is -0.481 e. The Morgan fingerprint density at radius 3 is 2.43 bits per heavy atom. The number of carbonyl (C=O) groups is 3. The standard InChI is InChI=1S/C27H44N2O6/c1-9-13-28(26(7,8)15-25(4,5)6)23(32)21-27-12-11-18(35-27)19(24(33)34)20(27)22(31)29(21)17(14-30)16(3)10-2/h9,16-21,30H,1,10-15H2,2-8H3,(H,33,34)/t16-,17-,18-,19+,20-,21?,27?/m0/s1. The van der Waals surface area contributed by atoms with E-state index < -0.39 is 47.1 Å². The Labute approximate surface area is 209 Å². The van der Waals surface area contributed by atoms with Crippen LogP contribution >= 0.6 is 0 Å². The van der Waals surface area contributed by atoms with Crippen molar-refractivity contribution in [2.24, 2.45) is 23.2 Å². The lowest BCUT2D eigenvalue weighted by Gasteiger charge is -2.47. The fraction of sp³-hybridized carbons (Fsp3) is 0.815. The maximum absolute atomic E-state index is 14.5. The van der Waals surface area contributed by atoms with Gasteiger partial charge in [0, 0.05) is 12.1 Å². The molecule has 0 aromatic rings. The number of carbonyl (C=O) groups excluding carboxylic acids is 2. The number of carboxylic acid groups (broad SMARTS) is 1. The molecule has 3 fully saturated rings. The summed E-state index contributed by atoms with van der Waals surface area (Å²) in [4.78, 5) is 44.0. The Hall–Kier alpha value is -1.93. The number of hydrogen-bond acceptors (Lipinski definition) is 5. The number of aliphatic hydroxyl groups excluding tert-OH is 1. The summed E-state index contributed by atoms with van der Waals surface area (Å²) in [6.07, 6.45) is 3.47. The maximum atomic E-state index is 14.5. The van der Waals surface area contributed by atoms with E-state index >= 15 is 0 Å². The lowest BCUT2D eigenvalue weighted by atomic mass is 9.70. The first-order valence-corrected chi connectivity index (χ1v) is 12.9. The fourth-order valence-corrected chi connectivity index (χ4v) is 7.13. The first-order chi connectivity index (χ1) is 16.2. The molecule has 0 saturated carbocycles. The molecule has 3 heterocycles. The fourth-order valence-electron chi connectivity index (χ4n) is 7.13. The van der Waals surface area contributed by atoms with Crippen LogP contribution in [0.4, 0.5) is 0 Å². The van der Waals surface area contributed by atoms with Gasteiger partial charge in [0.2, 0.25) is 11.8 Å². The van der Waals surface area contributed by atoms with Gasteiger partial charge in [-0.1, -0.05) is 47.1 Å². The highest BCUT2D eigenvalue weighted by molar-refractivity contribution is 5.98. The zero-order chi connectivity index (χ0) is 26.5. The molecule has 35 heavy (non-hydrogen) atoms. The second-order valence-corrected chi connectivity index (χ2v) is 12.6. The van der Waals surface area contributed by atoms with E-state index in [9.17, 15) is 24.6 Å². The van der Waals surface area contributed by atoms with Crippen LogP contribution in [-0.4, -0.2) is 80.3 Å². The van der Waals surface area contributed by atoms with Crippen LogP contribution in [0.25, 0.3) is 0 Å². The molecule has 8 heteroatoms. The van der Waals surface area contributed by atoms with Gasteiger partial charge in [-0.05, 0) is 44.4 Å². The highest BCUT2D eigenvalue weighted by Crippen LogP contribution is 2.59. The summed E-state index contributed by atoms with van der Waals surface area (Å²) in [5.41, 5.74) is -1.81. The number of hydrogen-bond donors (Lipinski definition) is 2. The van der Waals surface area contributed by atoms with Gasteiger partial charge in [0.1, 0.15) is 11.6 Å². The van der Waals surface area contributed by atoms with E-state index in [2.05, 4.69) is 27.4 Å². The van der Waals surface area contributed by atoms with Gasteiger partial charge in [-0.2, -0.15) is 0 Å². The molecular weight excluding hydrogens is 448 g/mol. The van der Waals surface area contributed by atoms with Crippen molar-refractivity contribution in [3.05, 3.63) is 12.7 Å². The van der Waals surface area contributed by atoms with E-state index in [4.69, 9.17) is 4.74 Å². The quantitative estimate of drug-likeness (QED) is 0.454. The third kappa shape index (κ3) is 4.52. The number of likely N-dealkylation sites (tertiary alicyclic amines) is 1. The van der Waals surface area contributed by atoms with E-state index in [1.165, 1.54) is 4.90 Å². The van der Waals surface area contributed by atoms with Crippen molar-refractivity contribution in [3.8, 4) is 0 Å². The average molecular weight is 493 g/mol. The van der Waals surface area contributed by atoms with Crippen molar-refractivity contribution < 1.29 is 29.3 Å². The van der Waals surface area contributed by atoms with Crippen LogP contribution < -0.4 is 0 Å². The highest BCUT2D eigenvalue weighted by atomic mass is 16.5. The van der Waals surface area contributed by atoms with Crippen LogP contribution in [-0.2, 0) is 19.1 Å². The molecule has 2 N–H and O–H groups in total. The molecule has 0 aromatic carbocycles. The SMILES string of the molecule is C=CCN(C(=O)C1N([C@@H](CO)[C@@H](C)CC)C(=O)[C@@H]2[C@H](C(=O)O)[C@@H]3CCC12O3)C(C)(C)CC(C)(C)C. The topological polar surface area (TPSA) is 107 Å². The lowest BCUT2D eigenvalue weighted by Crippen LogP contribution is -2.63. The number of carboxylic acids is 1. The van der Waals surface area contributed by atoms with Gasteiger partial charge >= 0.3 is 5.97 Å². The lowest BCUT2D eigenvalue weighted by molar-refractivity contribution is -0.157. The molecular formula is C27H44N2O6. The maximum Gasteiger partial charge on any atom is 0.310 e. The van der Waals surface area contributed by atoms with Crippen LogP contribution in [0.2, 0.25) is 0 Å². The minimum absolute atomic E-state index is 0.0592. The second kappa shape index (κ2) is 9.51. The van der Waals surface area contributed by atoms with Gasteiger partial charge in [0.25, 0.3) is 0 Å². The molecule has 0 aromatic heterocycles. The van der Waals surface area contributed by atoms with Crippen molar-refractivity contribution in [1.29, 1.82) is 0 Å². The van der Waals surface area contributed by atoms with Gasteiger partial charge in [-0.15, -0.1) is 6.58 Å². The molecule has 3 rings (SSSR count). The molecule has 1 spiro atoms. The van der Waals surface area contributed by atoms with Gasteiger partial charge < -0.3 is 24.7 Å². The minimum atomic E-state index is -1.19. The monoisotopic (exact) mass is 492 g/mol. The number of fused-ring (bicyclic) bond motifs is 1. The average Bonchev–Trinajstić information content (AvgIpc) is 3.38. The van der Waals surface area contributed by atoms with Gasteiger partial charge in [-0.25, -0.2) is 0 Å². The number of aliphatic hydroxyl groups is 1. The summed E-state index contributed by atoms with van der Waals surface area (Å²) in [7, 11) is 0. The van der Waals surface area contributed by atoms with E-state index in [0.717, 1.165) is 0 Å². The van der Waals surface area contributed by atoms with Gasteiger partial charge in [-0.3, -0.25) is 14.4 Å². The van der Waals surface area contributed by atoms with E-state index in [1.807, 2.05) is 27.7 Å².